The summed E-state index contributed by atoms with van der Waals surface area (Å²) in [5, 5.41) is 8.65. The van der Waals surface area contributed by atoms with Crippen LogP contribution in [-0.2, 0) is 17.8 Å². The van der Waals surface area contributed by atoms with Crippen LogP contribution in [0.25, 0.3) is 5.69 Å². The van der Waals surface area contributed by atoms with E-state index in [1.165, 1.54) is 0 Å². The summed E-state index contributed by atoms with van der Waals surface area (Å²) in [6.07, 6.45) is 3.33. The summed E-state index contributed by atoms with van der Waals surface area (Å²) in [5.74, 6) is 0.621. The molecule has 3 aromatic rings. The Kier molecular flexibility index (Phi) is 5.55. The zero-order chi connectivity index (χ0) is 19.5. The van der Waals surface area contributed by atoms with E-state index in [2.05, 4.69) is 10.4 Å². The van der Waals surface area contributed by atoms with Crippen LogP contribution in [0.5, 0.6) is 5.88 Å². The molecule has 2 aromatic carbocycles. The summed E-state index contributed by atoms with van der Waals surface area (Å²) in [5.41, 5.74) is 2.86. The number of hydrogen-bond acceptors (Lipinski definition) is 3. The molecule has 1 amide bonds. The number of rotatable bonds is 6. The average Bonchev–Trinajstić information content (AvgIpc) is 3.32. The zero-order valence-electron chi connectivity index (χ0n) is 15.1. The van der Waals surface area contributed by atoms with Crippen molar-refractivity contribution in [3.8, 4) is 11.6 Å². The van der Waals surface area contributed by atoms with Crippen LogP contribution in [0.1, 0.15) is 17.5 Å². The first kappa shape index (κ1) is 18.8. The van der Waals surface area contributed by atoms with Crippen molar-refractivity contribution >= 4 is 29.1 Å². The van der Waals surface area contributed by atoms with Crippen molar-refractivity contribution in [2.45, 2.75) is 19.4 Å². The molecule has 1 aromatic heterocycles. The third-order valence-electron chi connectivity index (χ3n) is 4.78. The van der Waals surface area contributed by atoms with Gasteiger partial charge in [-0.1, -0.05) is 35.3 Å². The van der Waals surface area contributed by atoms with E-state index in [9.17, 15) is 4.79 Å². The normalized spacial score (nSPS) is 16.2. The summed E-state index contributed by atoms with van der Waals surface area (Å²) >= 11 is 12.2. The van der Waals surface area contributed by atoms with Crippen molar-refractivity contribution in [2.24, 2.45) is 5.92 Å². The van der Waals surface area contributed by atoms with Crippen LogP contribution < -0.4 is 10.1 Å². The van der Waals surface area contributed by atoms with Gasteiger partial charge in [0.05, 0.1) is 5.69 Å². The van der Waals surface area contributed by atoms with Crippen LogP contribution in [0.4, 0.5) is 0 Å². The number of carbonyl (C=O) groups is 1. The molecular weight excluding hydrogens is 397 g/mol. The van der Waals surface area contributed by atoms with E-state index in [0.29, 0.717) is 29.0 Å². The van der Waals surface area contributed by atoms with Gasteiger partial charge in [0.2, 0.25) is 11.8 Å². The van der Waals surface area contributed by atoms with Crippen molar-refractivity contribution in [3.63, 3.8) is 0 Å². The summed E-state index contributed by atoms with van der Waals surface area (Å²) in [4.78, 5) is 11.8. The lowest BCUT2D eigenvalue weighted by Crippen LogP contribution is -2.20. The van der Waals surface area contributed by atoms with Gasteiger partial charge < -0.3 is 10.1 Å². The lowest BCUT2D eigenvalue weighted by molar-refractivity contribution is -0.122. The van der Waals surface area contributed by atoms with Crippen molar-refractivity contribution in [3.05, 3.63) is 75.9 Å². The molecule has 0 radical (unpaired) electrons. The third kappa shape index (κ3) is 4.32. The molecule has 1 N–H and O–H groups in total. The molecule has 1 atom stereocenters. The van der Waals surface area contributed by atoms with Gasteiger partial charge in [0, 0.05) is 34.8 Å². The van der Waals surface area contributed by atoms with Gasteiger partial charge in [-0.15, -0.1) is 5.10 Å². The third-order valence-corrected chi connectivity index (χ3v) is 5.40. The predicted molar refractivity (Wildman–Crippen MR) is 109 cm³/mol. The van der Waals surface area contributed by atoms with Crippen molar-refractivity contribution < 1.29 is 9.53 Å². The number of carbonyl (C=O) groups excluding carboxylic acids is 1. The maximum Gasteiger partial charge on any atom is 0.233 e. The number of nitrogens with zero attached hydrogens (tertiary/aromatic N) is 2. The van der Waals surface area contributed by atoms with Crippen molar-refractivity contribution in [1.29, 1.82) is 0 Å². The number of aromatic nitrogens is 2. The van der Waals surface area contributed by atoms with Crippen LogP contribution in [0, 0.1) is 5.92 Å². The van der Waals surface area contributed by atoms with E-state index >= 15 is 0 Å². The average molecular weight is 416 g/mol. The molecule has 144 valence electrons. The van der Waals surface area contributed by atoms with E-state index in [1.807, 2.05) is 54.7 Å². The van der Waals surface area contributed by atoms with Crippen LogP contribution in [0.15, 0.2) is 54.7 Å². The standard InChI is InChI=1S/C21H19Cl2N3O2/c22-17-2-4-18(5-3-17)26-10-8-20(25-26)28-13-14-1-6-19(23)16(11-14)12-15-7-9-24-21(15)27/h1-6,8,10-11,15H,7,9,12-13H2,(H,24,27). The number of amides is 1. The van der Waals surface area contributed by atoms with Gasteiger partial charge in [-0.25, -0.2) is 4.68 Å². The molecule has 0 bridgehead atoms. The lowest BCUT2D eigenvalue weighted by atomic mass is 9.97. The SMILES string of the molecule is O=C1NCCC1Cc1cc(COc2ccn(-c3ccc(Cl)cc3)n2)ccc1Cl. The van der Waals surface area contributed by atoms with Gasteiger partial charge in [-0.05, 0) is 54.3 Å². The Bertz CT molecular complexity index is 986. The number of hydrogen-bond donors (Lipinski definition) is 1. The van der Waals surface area contributed by atoms with E-state index < -0.39 is 0 Å². The molecular formula is C21H19Cl2N3O2. The Morgan fingerprint density at radius 1 is 1.14 bits per heavy atom. The van der Waals surface area contributed by atoms with Gasteiger partial charge in [-0.2, -0.15) is 0 Å². The second kappa shape index (κ2) is 8.25. The second-order valence-electron chi connectivity index (χ2n) is 6.77. The fraction of sp³-hybridized carbons (Fsp3) is 0.238. The number of halogens is 2. The Labute approximate surface area is 173 Å². The fourth-order valence-corrected chi connectivity index (χ4v) is 3.58. The molecule has 4 rings (SSSR count). The van der Waals surface area contributed by atoms with Crippen LogP contribution in [0.2, 0.25) is 10.0 Å². The molecule has 0 saturated carbocycles. The van der Waals surface area contributed by atoms with Gasteiger partial charge in [0.25, 0.3) is 0 Å². The number of ether oxygens (including phenoxy) is 1. The monoisotopic (exact) mass is 415 g/mol. The summed E-state index contributed by atoms with van der Waals surface area (Å²) in [7, 11) is 0. The summed E-state index contributed by atoms with van der Waals surface area (Å²) < 4.78 is 7.56. The Morgan fingerprint density at radius 2 is 1.96 bits per heavy atom. The molecule has 1 aliphatic heterocycles. The minimum Gasteiger partial charge on any atom is -0.472 e. The van der Waals surface area contributed by atoms with E-state index in [-0.39, 0.29) is 11.8 Å². The molecule has 1 saturated heterocycles. The first-order valence-corrected chi connectivity index (χ1v) is 9.83. The van der Waals surface area contributed by atoms with E-state index in [0.717, 1.165) is 29.8 Å². The van der Waals surface area contributed by atoms with Gasteiger partial charge in [-0.3, -0.25) is 4.79 Å². The molecule has 1 aliphatic rings. The second-order valence-corrected chi connectivity index (χ2v) is 7.61. The molecule has 2 heterocycles. The first-order valence-electron chi connectivity index (χ1n) is 9.08. The molecule has 0 spiro atoms. The van der Waals surface area contributed by atoms with Crippen molar-refractivity contribution in [2.75, 3.05) is 6.54 Å². The molecule has 5 nitrogen and oxygen atoms in total. The maximum absolute atomic E-state index is 11.8. The minimum absolute atomic E-state index is 0.0104. The first-order chi connectivity index (χ1) is 13.6. The minimum atomic E-state index is -0.0104. The highest BCUT2D eigenvalue weighted by molar-refractivity contribution is 6.31. The molecule has 28 heavy (non-hydrogen) atoms. The molecule has 1 fully saturated rings. The highest BCUT2D eigenvalue weighted by Crippen LogP contribution is 2.25. The maximum atomic E-state index is 11.8. The number of benzene rings is 2. The highest BCUT2D eigenvalue weighted by atomic mass is 35.5. The zero-order valence-corrected chi connectivity index (χ0v) is 16.6. The summed E-state index contributed by atoms with van der Waals surface area (Å²) in [6.45, 7) is 1.11. The van der Waals surface area contributed by atoms with Crippen LogP contribution >= 0.6 is 23.2 Å². The Hall–Kier alpha value is -2.50. The fourth-order valence-electron chi connectivity index (χ4n) is 3.26. The topological polar surface area (TPSA) is 56.1 Å². The quantitative estimate of drug-likeness (QED) is 0.647. The predicted octanol–water partition coefficient (Wildman–Crippen LogP) is 4.44. The van der Waals surface area contributed by atoms with Crippen LogP contribution in [0.3, 0.4) is 0 Å². The highest BCUT2D eigenvalue weighted by Gasteiger charge is 2.25. The largest absolute Gasteiger partial charge is 0.472 e. The lowest BCUT2D eigenvalue weighted by Gasteiger charge is -2.11. The molecule has 1 unspecified atom stereocenters. The molecule has 0 aliphatic carbocycles. The summed E-state index contributed by atoms with van der Waals surface area (Å²) in [6, 6.07) is 15.0. The molecule has 7 heteroatoms. The van der Waals surface area contributed by atoms with E-state index in [4.69, 9.17) is 27.9 Å². The smallest absolute Gasteiger partial charge is 0.233 e. The van der Waals surface area contributed by atoms with Crippen LogP contribution in [-0.4, -0.2) is 22.2 Å². The van der Waals surface area contributed by atoms with Gasteiger partial charge in [0.15, 0.2) is 0 Å². The van der Waals surface area contributed by atoms with Crippen molar-refractivity contribution in [1.82, 2.24) is 15.1 Å². The van der Waals surface area contributed by atoms with Gasteiger partial charge in [0.1, 0.15) is 6.61 Å². The Morgan fingerprint density at radius 3 is 2.71 bits per heavy atom. The Balaban J connectivity index is 1.41. The number of nitrogens with one attached hydrogen (secondary N) is 1. The van der Waals surface area contributed by atoms with E-state index in [1.54, 1.807) is 4.68 Å². The van der Waals surface area contributed by atoms with Gasteiger partial charge >= 0.3 is 0 Å².